The van der Waals surface area contributed by atoms with E-state index in [1.165, 1.54) is 0 Å². The molecule has 0 aliphatic rings. The van der Waals surface area contributed by atoms with Crippen LogP contribution < -0.4 is 5.32 Å². The number of pyridine rings is 1. The standard InChI is InChI=1S/C15H16Cl2N2/c1-10-4-3-5-13(19-10)9-18-11(2)12-6-7-14(16)15(17)8-12/h3-8,11,18H,9H2,1-2H3. The van der Waals surface area contributed by atoms with Crippen molar-refractivity contribution in [2.75, 3.05) is 0 Å². The zero-order valence-electron chi connectivity index (χ0n) is 11.0. The summed E-state index contributed by atoms with van der Waals surface area (Å²) in [6.45, 7) is 4.81. The van der Waals surface area contributed by atoms with Gasteiger partial charge >= 0.3 is 0 Å². The zero-order valence-corrected chi connectivity index (χ0v) is 12.5. The van der Waals surface area contributed by atoms with Gasteiger partial charge in [-0.15, -0.1) is 0 Å². The number of aryl methyl sites for hydroxylation is 1. The van der Waals surface area contributed by atoms with E-state index in [1.54, 1.807) is 0 Å². The summed E-state index contributed by atoms with van der Waals surface area (Å²) in [7, 11) is 0. The SMILES string of the molecule is Cc1cccc(CNC(C)c2ccc(Cl)c(Cl)c2)n1. The number of nitrogens with zero attached hydrogens (tertiary/aromatic N) is 1. The van der Waals surface area contributed by atoms with Crippen molar-refractivity contribution in [1.29, 1.82) is 0 Å². The average molecular weight is 295 g/mol. The molecule has 0 spiro atoms. The Morgan fingerprint density at radius 2 is 1.95 bits per heavy atom. The molecule has 1 aromatic heterocycles. The second kappa shape index (κ2) is 6.38. The average Bonchev–Trinajstić information content (AvgIpc) is 2.39. The highest BCUT2D eigenvalue weighted by Crippen LogP contribution is 2.25. The number of halogens is 2. The molecule has 0 aliphatic heterocycles. The first kappa shape index (κ1) is 14.3. The third kappa shape index (κ3) is 3.93. The van der Waals surface area contributed by atoms with Crippen LogP contribution >= 0.6 is 23.2 Å². The maximum absolute atomic E-state index is 6.02. The van der Waals surface area contributed by atoms with E-state index in [1.807, 2.05) is 43.3 Å². The molecule has 0 amide bonds. The molecule has 0 bridgehead atoms. The highest BCUT2D eigenvalue weighted by Gasteiger charge is 2.07. The largest absolute Gasteiger partial charge is 0.305 e. The first-order valence-electron chi connectivity index (χ1n) is 6.17. The summed E-state index contributed by atoms with van der Waals surface area (Å²) in [6, 6.07) is 11.9. The Labute approximate surface area is 123 Å². The molecule has 0 radical (unpaired) electrons. The van der Waals surface area contributed by atoms with Crippen molar-refractivity contribution in [3.8, 4) is 0 Å². The molecular weight excluding hydrogens is 279 g/mol. The Bertz CT molecular complexity index is 570. The summed E-state index contributed by atoms with van der Waals surface area (Å²) in [5, 5.41) is 4.59. The smallest absolute Gasteiger partial charge is 0.0595 e. The Morgan fingerprint density at radius 3 is 2.63 bits per heavy atom. The summed E-state index contributed by atoms with van der Waals surface area (Å²) >= 11 is 11.9. The van der Waals surface area contributed by atoms with Crippen molar-refractivity contribution < 1.29 is 0 Å². The van der Waals surface area contributed by atoms with E-state index in [0.717, 1.165) is 23.5 Å². The van der Waals surface area contributed by atoms with Crippen molar-refractivity contribution in [3.63, 3.8) is 0 Å². The van der Waals surface area contributed by atoms with Crippen LogP contribution in [0.2, 0.25) is 10.0 Å². The molecule has 1 N–H and O–H groups in total. The molecule has 1 aromatic carbocycles. The van der Waals surface area contributed by atoms with Crippen molar-refractivity contribution in [2.45, 2.75) is 26.4 Å². The van der Waals surface area contributed by atoms with Gasteiger partial charge in [0.05, 0.1) is 15.7 Å². The van der Waals surface area contributed by atoms with E-state index in [4.69, 9.17) is 23.2 Å². The van der Waals surface area contributed by atoms with Crippen molar-refractivity contribution in [3.05, 3.63) is 63.4 Å². The van der Waals surface area contributed by atoms with E-state index >= 15 is 0 Å². The van der Waals surface area contributed by atoms with Crippen LogP contribution in [0.5, 0.6) is 0 Å². The summed E-state index contributed by atoms with van der Waals surface area (Å²) in [4.78, 5) is 4.46. The number of hydrogen-bond donors (Lipinski definition) is 1. The lowest BCUT2D eigenvalue weighted by molar-refractivity contribution is 0.567. The third-order valence-corrected chi connectivity index (χ3v) is 3.72. The van der Waals surface area contributed by atoms with Gasteiger partial charge in [-0.2, -0.15) is 0 Å². The molecule has 0 fully saturated rings. The molecule has 19 heavy (non-hydrogen) atoms. The Hall–Kier alpha value is -1.09. The molecular formula is C15H16Cl2N2. The van der Waals surface area contributed by atoms with Gasteiger partial charge in [0.25, 0.3) is 0 Å². The van der Waals surface area contributed by atoms with Crippen LogP contribution in [0, 0.1) is 6.92 Å². The highest BCUT2D eigenvalue weighted by molar-refractivity contribution is 6.42. The molecule has 2 rings (SSSR count). The minimum Gasteiger partial charge on any atom is -0.305 e. The number of rotatable bonds is 4. The van der Waals surface area contributed by atoms with Gasteiger partial charge in [0.15, 0.2) is 0 Å². The fourth-order valence-corrected chi connectivity index (χ4v) is 2.16. The molecule has 1 unspecified atom stereocenters. The van der Waals surface area contributed by atoms with E-state index < -0.39 is 0 Å². The summed E-state index contributed by atoms with van der Waals surface area (Å²) < 4.78 is 0. The predicted molar refractivity (Wildman–Crippen MR) is 80.7 cm³/mol. The van der Waals surface area contributed by atoms with Gasteiger partial charge in [-0.25, -0.2) is 0 Å². The highest BCUT2D eigenvalue weighted by atomic mass is 35.5. The van der Waals surface area contributed by atoms with Crippen LogP contribution in [0.25, 0.3) is 0 Å². The van der Waals surface area contributed by atoms with E-state index in [9.17, 15) is 0 Å². The molecule has 100 valence electrons. The van der Waals surface area contributed by atoms with Crippen LogP contribution in [-0.2, 0) is 6.54 Å². The Balaban J connectivity index is 2.01. The van der Waals surface area contributed by atoms with E-state index in [2.05, 4.69) is 17.2 Å². The predicted octanol–water partition coefficient (Wildman–Crippen LogP) is 4.55. The molecule has 4 heteroatoms. The second-order valence-electron chi connectivity index (χ2n) is 4.55. The monoisotopic (exact) mass is 294 g/mol. The minimum absolute atomic E-state index is 0.192. The van der Waals surface area contributed by atoms with Gasteiger partial charge in [-0.1, -0.05) is 35.3 Å². The molecule has 0 aliphatic carbocycles. The van der Waals surface area contributed by atoms with Crippen molar-refractivity contribution >= 4 is 23.2 Å². The molecule has 1 heterocycles. The molecule has 2 nitrogen and oxygen atoms in total. The number of aromatic nitrogens is 1. The van der Waals surface area contributed by atoms with Gasteiger partial charge in [0.2, 0.25) is 0 Å². The summed E-state index contributed by atoms with van der Waals surface area (Å²) in [5.41, 5.74) is 3.18. The summed E-state index contributed by atoms with van der Waals surface area (Å²) in [6.07, 6.45) is 0. The molecule has 2 aromatic rings. The van der Waals surface area contributed by atoms with E-state index in [0.29, 0.717) is 10.0 Å². The normalized spacial score (nSPS) is 12.4. The van der Waals surface area contributed by atoms with Gasteiger partial charge in [-0.3, -0.25) is 4.98 Å². The lowest BCUT2D eigenvalue weighted by atomic mass is 10.1. The summed E-state index contributed by atoms with van der Waals surface area (Å²) in [5.74, 6) is 0. The topological polar surface area (TPSA) is 24.9 Å². The van der Waals surface area contributed by atoms with Crippen LogP contribution in [0.15, 0.2) is 36.4 Å². The number of nitrogens with one attached hydrogen (secondary N) is 1. The fourth-order valence-electron chi connectivity index (χ4n) is 1.86. The van der Waals surface area contributed by atoms with Crippen LogP contribution in [-0.4, -0.2) is 4.98 Å². The Morgan fingerprint density at radius 1 is 1.16 bits per heavy atom. The zero-order chi connectivity index (χ0) is 13.8. The molecule has 1 atom stereocenters. The quantitative estimate of drug-likeness (QED) is 0.895. The first-order valence-corrected chi connectivity index (χ1v) is 6.92. The second-order valence-corrected chi connectivity index (χ2v) is 5.36. The maximum Gasteiger partial charge on any atom is 0.0595 e. The fraction of sp³-hybridized carbons (Fsp3) is 0.267. The van der Waals surface area contributed by atoms with Crippen molar-refractivity contribution in [2.24, 2.45) is 0 Å². The molecule has 0 saturated heterocycles. The first-order chi connectivity index (χ1) is 9.06. The van der Waals surface area contributed by atoms with Crippen LogP contribution in [0.3, 0.4) is 0 Å². The van der Waals surface area contributed by atoms with Crippen LogP contribution in [0.1, 0.15) is 29.9 Å². The number of benzene rings is 1. The lowest BCUT2D eigenvalue weighted by Crippen LogP contribution is -2.18. The minimum atomic E-state index is 0.192. The van der Waals surface area contributed by atoms with Gasteiger partial charge in [-0.05, 0) is 43.7 Å². The lowest BCUT2D eigenvalue weighted by Gasteiger charge is -2.14. The Kier molecular flexibility index (Phi) is 4.81. The van der Waals surface area contributed by atoms with Crippen LogP contribution in [0.4, 0.5) is 0 Å². The van der Waals surface area contributed by atoms with E-state index in [-0.39, 0.29) is 6.04 Å². The number of hydrogen-bond acceptors (Lipinski definition) is 2. The maximum atomic E-state index is 6.02. The van der Waals surface area contributed by atoms with Crippen molar-refractivity contribution in [1.82, 2.24) is 10.3 Å². The van der Waals surface area contributed by atoms with Gasteiger partial charge in [0.1, 0.15) is 0 Å². The van der Waals surface area contributed by atoms with Gasteiger partial charge < -0.3 is 5.32 Å². The molecule has 0 saturated carbocycles. The van der Waals surface area contributed by atoms with Gasteiger partial charge in [0, 0.05) is 18.3 Å². The third-order valence-electron chi connectivity index (χ3n) is 2.98.